The molecule has 0 spiro atoms. The van der Waals surface area contributed by atoms with Gasteiger partial charge in [-0.15, -0.1) is 0 Å². The third-order valence-electron chi connectivity index (χ3n) is 2.57. The third-order valence-corrected chi connectivity index (χ3v) is 2.57. The van der Waals surface area contributed by atoms with Gasteiger partial charge in [-0.1, -0.05) is 12.1 Å². The SMILES string of the molecule is COc1cccc(C2OC(N)=C(OC(C)=O)C2=O)c1. The van der Waals surface area contributed by atoms with Gasteiger partial charge in [0.2, 0.25) is 17.4 Å². The van der Waals surface area contributed by atoms with Crippen molar-refractivity contribution >= 4 is 11.8 Å². The number of carbonyl (C=O) groups is 2. The van der Waals surface area contributed by atoms with Gasteiger partial charge in [0, 0.05) is 12.5 Å². The minimum Gasteiger partial charge on any atom is -0.497 e. The van der Waals surface area contributed by atoms with Gasteiger partial charge in [0.15, 0.2) is 6.10 Å². The summed E-state index contributed by atoms with van der Waals surface area (Å²) in [5, 5.41) is 0. The number of methoxy groups -OCH3 is 1. The van der Waals surface area contributed by atoms with Crippen molar-refractivity contribution in [1.29, 1.82) is 0 Å². The molecular formula is C13H13NO5. The molecule has 0 radical (unpaired) electrons. The van der Waals surface area contributed by atoms with Crippen molar-refractivity contribution in [1.82, 2.24) is 0 Å². The van der Waals surface area contributed by atoms with Gasteiger partial charge in [-0.25, -0.2) is 0 Å². The fraction of sp³-hybridized carbons (Fsp3) is 0.231. The van der Waals surface area contributed by atoms with Crippen LogP contribution in [0.4, 0.5) is 0 Å². The Kier molecular flexibility index (Phi) is 3.41. The molecule has 0 bridgehead atoms. The van der Waals surface area contributed by atoms with Crippen molar-refractivity contribution < 1.29 is 23.8 Å². The van der Waals surface area contributed by atoms with Gasteiger partial charge in [-0.3, -0.25) is 9.59 Å². The summed E-state index contributed by atoms with van der Waals surface area (Å²) in [6, 6.07) is 6.83. The van der Waals surface area contributed by atoms with Crippen molar-refractivity contribution in [2.24, 2.45) is 5.73 Å². The summed E-state index contributed by atoms with van der Waals surface area (Å²) >= 11 is 0. The summed E-state index contributed by atoms with van der Waals surface area (Å²) in [5.41, 5.74) is 6.12. The lowest BCUT2D eigenvalue weighted by Gasteiger charge is -2.10. The fourth-order valence-corrected chi connectivity index (χ4v) is 1.74. The van der Waals surface area contributed by atoms with Gasteiger partial charge in [0.25, 0.3) is 0 Å². The van der Waals surface area contributed by atoms with E-state index in [-0.39, 0.29) is 11.6 Å². The molecule has 0 aliphatic carbocycles. The Morgan fingerprint density at radius 3 is 2.79 bits per heavy atom. The third kappa shape index (κ3) is 2.52. The first-order chi connectivity index (χ1) is 9.02. The van der Waals surface area contributed by atoms with Gasteiger partial charge >= 0.3 is 5.97 Å². The number of nitrogens with two attached hydrogens (primary N) is 1. The van der Waals surface area contributed by atoms with Crippen LogP contribution >= 0.6 is 0 Å². The lowest BCUT2D eigenvalue weighted by atomic mass is 10.1. The second-order valence-corrected chi connectivity index (χ2v) is 3.93. The molecule has 0 saturated carbocycles. The number of ether oxygens (including phenoxy) is 3. The minimum absolute atomic E-state index is 0.187. The van der Waals surface area contributed by atoms with E-state index in [4.69, 9.17) is 19.9 Å². The van der Waals surface area contributed by atoms with E-state index < -0.39 is 17.9 Å². The standard InChI is InChI=1S/C13H13NO5/c1-7(15)18-12-10(16)11(19-13(12)14)8-4-3-5-9(6-8)17-2/h3-6,11H,14H2,1-2H3. The van der Waals surface area contributed by atoms with E-state index in [0.717, 1.165) is 0 Å². The molecule has 2 rings (SSSR count). The smallest absolute Gasteiger partial charge is 0.308 e. The van der Waals surface area contributed by atoms with Crippen LogP contribution in [0.25, 0.3) is 0 Å². The van der Waals surface area contributed by atoms with Crippen LogP contribution in [-0.2, 0) is 19.1 Å². The van der Waals surface area contributed by atoms with Crippen molar-refractivity contribution in [2.75, 3.05) is 7.11 Å². The molecule has 0 saturated heterocycles. The molecule has 1 aliphatic heterocycles. The van der Waals surface area contributed by atoms with Crippen LogP contribution in [0.1, 0.15) is 18.6 Å². The number of rotatable bonds is 3. The van der Waals surface area contributed by atoms with E-state index in [2.05, 4.69) is 0 Å². The predicted octanol–water partition coefficient (Wildman–Crippen LogP) is 1.03. The van der Waals surface area contributed by atoms with Crippen LogP contribution in [0.2, 0.25) is 0 Å². The zero-order valence-corrected chi connectivity index (χ0v) is 10.5. The van der Waals surface area contributed by atoms with Crippen molar-refractivity contribution in [3.8, 4) is 5.75 Å². The van der Waals surface area contributed by atoms with Gasteiger partial charge in [0.1, 0.15) is 5.75 Å². The number of hydrogen-bond donors (Lipinski definition) is 1. The van der Waals surface area contributed by atoms with Gasteiger partial charge < -0.3 is 19.9 Å². The van der Waals surface area contributed by atoms with E-state index in [1.807, 2.05) is 0 Å². The molecule has 19 heavy (non-hydrogen) atoms. The number of hydrogen-bond acceptors (Lipinski definition) is 6. The lowest BCUT2D eigenvalue weighted by molar-refractivity contribution is -0.140. The monoisotopic (exact) mass is 263 g/mol. The topological polar surface area (TPSA) is 87.8 Å². The minimum atomic E-state index is -0.913. The van der Waals surface area contributed by atoms with Gasteiger partial charge in [0.05, 0.1) is 7.11 Å². The zero-order valence-electron chi connectivity index (χ0n) is 10.5. The maximum absolute atomic E-state index is 12.1. The Hall–Kier alpha value is -2.50. The number of Topliss-reactive ketones (excluding diaryl/α,β-unsaturated/α-hetero) is 1. The highest BCUT2D eigenvalue weighted by atomic mass is 16.6. The largest absolute Gasteiger partial charge is 0.497 e. The average molecular weight is 263 g/mol. The molecule has 1 aliphatic rings. The average Bonchev–Trinajstić information content (AvgIpc) is 2.66. The summed E-state index contributed by atoms with van der Waals surface area (Å²) in [6.45, 7) is 1.19. The summed E-state index contributed by atoms with van der Waals surface area (Å²) in [4.78, 5) is 23.0. The van der Waals surface area contributed by atoms with E-state index in [0.29, 0.717) is 11.3 Å². The zero-order chi connectivity index (χ0) is 14.0. The Morgan fingerprint density at radius 1 is 1.42 bits per heavy atom. The maximum Gasteiger partial charge on any atom is 0.308 e. The molecule has 6 nitrogen and oxygen atoms in total. The molecule has 0 amide bonds. The molecule has 1 aromatic rings. The molecule has 100 valence electrons. The van der Waals surface area contributed by atoms with Crippen LogP contribution < -0.4 is 10.5 Å². The molecule has 1 atom stereocenters. The normalized spacial score (nSPS) is 18.2. The van der Waals surface area contributed by atoms with Crippen LogP contribution in [0, 0.1) is 0 Å². The first-order valence-corrected chi connectivity index (χ1v) is 5.56. The molecule has 1 aromatic carbocycles. The molecule has 1 unspecified atom stereocenters. The van der Waals surface area contributed by atoms with E-state index >= 15 is 0 Å². The lowest BCUT2D eigenvalue weighted by Crippen LogP contribution is -2.13. The Balaban J connectivity index is 2.25. The molecule has 1 heterocycles. The highest BCUT2D eigenvalue weighted by Crippen LogP contribution is 2.32. The highest BCUT2D eigenvalue weighted by Gasteiger charge is 2.37. The summed E-state index contributed by atoms with van der Waals surface area (Å²) in [7, 11) is 1.52. The number of carbonyl (C=O) groups excluding carboxylic acids is 2. The highest BCUT2D eigenvalue weighted by molar-refractivity contribution is 6.01. The predicted molar refractivity (Wildman–Crippen MR) is 64.8 cm³/mol. The molecule has 2 N–H and O–H groups in total. The maximum atomic E-state index is 12.1. The summed E-state index contributed by atoms with van der Waals surface area (Å²) in [5.74, 6) is -0.955. The number of esters is 1. The van der Waals surface area contributed by atoms with Crippen LogP contribution in [0.5, 0.6) is 5.75 Å². The van der Waals surface area contributed by atoms with Crippen LogP contribution in [-0.4, -0.2) is 18.9 Å². The quantitative estimate of drug-likeness (QED) is 0.819. The Bertz CT molecular complexity index is 564. The molecule has 0 aromatic heterocycles. The van der Waals surface area contributed by atoms with Crippen LogP contribution in [0.15, 0.2) is 35.9 Å². The Morgan fingerprint density at radius 2 is 2.16 bits per heavy atom. The number of ketones is 1. The molecule has 0 fully saturated rings. The van der Waals surface area contributed by atoms with Gasteiger partial charge in [-0.05, 0) is 12.1 Å². The second kappa shape index (κ2) is 5.01. The van der Waals surface area contributed by atoms with Crippen molar-refractivity contribution in [3.05, 3.63) is 41.5 Å². The van der Waals surface area contributed by atoms with E-state index in [1.165, 1.54) is 14.0 Å². The van der Waals surface area contributed by atoms with Crippen molar-refractivity contribution in [2.45, 2.75) is 13.0 Å². The Labute approximate surface area is 109 Å². The summed E-state index contributed by atoms with van der Waals surface area (Å²) < 4.78 is 15.1. The molecule has 6 heteroatoms. The van der Waals surface area contributed by atoms with Crippen LogP contribution in [0.3, 0.4) is 0 Å². The number of benzene rings is 1. The van der Waals surface area contributed by atoms with Crippen molar-refractivity contribution in [3.63, 3.8) is 0 Å². The van der Waals surface area contributed by atoms with Gasteiger partial charge in [-0.2, -0.15) is 0 Å². The first-order valence-electron chi connectivity index (χ1n) is 5.56. The second-order valence-electron chi connectivity index (χ2n) is 3.93. The molecular weight excluding hydrogens is 250 g/mol. The first kappa shape index (κ1) is 12.9. The fourth-order valence-electron chi connectivity index (χ4n) is 1.74. The van der Waals surface area contributed by atoms with E-state index in [1.54, 1.807) is 24.3 Å². The van der Waals surface area contributed by atoms with E-state index in [9.17, 15) is 9.59 Å². The summed E-state index contributed by atoms with van der Waals surface area (Å²) in [6.07, 6.45) is -0.913.